The zero-order valence-corrected chi connectivity index (χ0v) is 9.52. The van der Waals surface area contributed by atoms with E-state index in [1.54, 1.807) is 0 Å². The molecule has 1 saturated carbocycles. The third-order valence-electron chi connectivity index (χ3n) is 3.32. The van der Waals surface area contributed by atoms with Crippen LogP contribution in [0.2, 0.25) is 0 Å². The molecule has 1 N–H and O–H groups in total. The molecular formula is C12H21NO. The molecule has 14 heavy (non-hydrogen) atoms. The van der Waals surface area contributed by atoms with Gasteiger partial charge in [-0.2, -0.15) is 0 Å². The zero-order chi connectivity index (χ0) is 10.4. The van der Waals surface area contributed by atoms with Gasteiger partial charge in [0.2, 0.25) is 0 Å². The van der Waals surface area contributed by atoms with Crippen LogP contribution in [0.3, 0.4) is 0 Å². The van der Waals surface area contributed by atoms with Crippen molar-refractivity contribution in [2.75, 3.05) is 14.2 Å². The van der Waals surface area contributed by atoms with Crippen molar-refractivity contribution in [2.24, 2.45) is 0 Å². The van der Waals surface area contributed by atoms with E-state index >= 15 is 0 Å². The number of hydrogen-bond donors (Lipinski definition) is 1. The Hall–Kier alpha value is -0.520. The topological polar surface area (TPSA) is 21.3 Å². The lowest BCUT2D eigenvalue weighted by Gasteiger charge is -2.35. The average molecular weight is 195 g/mol. The zero-order valence-electron chi connectivity index (χ0n) is 9.52. The minimum absolute atomic E-state index is 0.0403. The molecule has 1 aliphatic rings. The number of nitrogens with one attached hydrogen (secondary N) is 1. The second-order valence-electron chi connectivity index (χ2n) is 3.95. The van der Waals surface area contributed by atoms with Gasteiger partial charge in [-0.1, -0.05) is 12.8 Å². The van der Waals surface area contributed by atoms with E-state index in [9.17, 15) is 0 Å². The minimum Gasteiger partial charge on any atom is -0.377 e. The molecule has 80 valence electrons. The van der Waals surface area contributed by atoms with Gasteiger partial charge in [0, 0.05) is 19.6 Å². The van der Waals surface area contributed by atoms with Crippen LogP contribution in [0, 0.1) is 11.8 Å². The first-order chi connectivity index (χ1) is 6.79. The van der Waals surface area contributed by atoms with Crippen LogP contribution in [-0.2, 0) is 4.74 Å². The quantitative estimate of drug-likeness (QED) is 0.692. The highest BCUT2D eigenvalue weighted by Crippen LogP contribution is 2.36. The van der Waals surface area contributed by atoms with E-state index in [4.69, 9.17) is 4.74 Å². The summed E-state index contributed by atoms with van der Waals surface area (Å²) in [6.07, 6.45) is 5.79. The lowest BCUT2D eigenvalue weighted by atomic mass is 9.90. The normalized spacial score (nSPS) is 21.4. The Bertz CT molecular complexity index is 220. The summed E-state index contributed by atoms with van der Waals surface area (Å²) >= 11 is 0. The second kappa shape index (κ2) is 5.38. The molecule has 0 aromatic carbocycles. The molecule has 1 aliphatic carbocycles. The monoisotopic (exact) mass is 195 g/mol. The second-order valence-corrected chi connectivity index (χ2v) is 3.95. The van der Waals surface area contributed by atoms with Crippen LogP contribution in [0.1, 0.15) is 39.0 Å². The van der Waals surface area contributed by atoms with Gasteiger partial charge in [-0.05, 0) is 26.8 Å². The number of methoxy groups -OCH3 is 1. The minimum atomic E-state index is 0.0403. The van der Waals surface area contributed by atoms with Crippen LogP contribution < -0.4 is 5.32 Å². The highest BCUT2D eigenvalue weighted by molar-refractivity contribution is 5.05. The van der Waals surface area contributed by atoms with E-state index in [0.29, 0.717) is 6.04 Å². The predicted octanol–water partition coefficient (Wildman–Crippen LogP) is 1.95. The molecule has 0 heterocycles. The Balaban J connectivity index is 2.66. The van der Waals surface area contributed by atoms with Crippen LogP contribution in [0.15, 0.2) is 0 Å². The van der Waals surface area contributed by atoms with E-state index in [0.717, 1.165) is 6.42 Å². The lowest BCUT2D eigenvalue weighted by molar-refractivity contribution is -0.0324. The fourth-order valence-electron chi connectivity index (χ4n) is 2.42. The maximum atomic E-state index is 5.72. The molecule has 0 spiro atoms. The van der Waals surface area contributed by atoms with Crippen LogP contribution in [0.4, 0.5) is 0 Å². The molecular weight excluding hydrogens is 174 g/mol. The molecule has 0 saturated heterocycles. The molecule has 0 aromatic heterocycles. The summed E-state index contributed by atoms with van der Waals surface area (Å²) in [6.45, 7) is 1.89. The Kier molecular flexibility index (Phi) is 4.44. The highest BCUT2D eigenvalue weighted by Gasteiger charge is 2.40. The van der Waals surface area contributed by atoms with Gasteiger partial charge in [-0.3, -0.25) is 0 Å². The van der Waals surface area contributed by atoms with Gasteiger partial charge in [0.1, 0.15) is 0 Å². The fourth-order valence-corrected chi connectivity index (χ4v) is 2.42. The van der Waals surface area contributed by atoms with Crippen molar-refractivity contribution >= 4 is 0 Å². The molecule has 0 amide bonds. The van der Waals surface area contributed by atoms with E-state index in [-0.39, 0.29) is 5.60 Å². The number of ether oxygens (including phenoxy) is 1. The van der Waals surface area contributed by atoms with E-state index in [2.05, 4.69) is 17.2 Å². The van der Waals surface area contributed by atoms with Crippen molar-refractivity contribution in [3.8, 4) is 11.8 Å². The van der Waals surface area contributed by atoms with Gasteiger partial charge in [-0.15, -0.1) is 11.8 Å². The van der Waals surface area contributed by atoms with Crippen LogP contribution >= 0.6 is 0 Å². The molecule has 1 rings (SSSR count). The molecule has 1 atom stereocenters. The van der Waals surface area contributed by atoms with Gasteiger partial charge in [-0.25, -0.2) is 0 Å². The van der Waals surface area contributed by atoms with Crippen LogP contribution in [0.25, 0.3) is 0 Å². The van der Waals surface area contributed by atoms with Crippen molar-refractivity contribution in [2.45, 2.75) is 50.7 Å². The third-order valence-corrected chi connectivity index (χ3v) is 3.32. The summed E-state index contributed by atoms with van der Waals surface area (Å²) < 4.78 is 5.72. The van der Waals surface area contributed by atoms with Crippen molar-refractivity contribution in [3.63, 3.8) is 0 Å². The lowest BCUT2D eigenvalue weighted by Crippen LogP contribution is -2.48. The largest absolute Gasteiger partial charge is 0.377 e. The van der Waals surface area contributed by atoms with E-state index in [1.807, 2.05) is 21.1 Å². The molecule has 1 fully saturated rings. The Morgan fingerprint density at radius 2 is 2.07 bits per heavy atom. The van der Waals surface area contributed by atoms with E-state index < -0.39 is 0 Å². The van der Waals surface area contributed by atoms with E-state index in [1.165, 1.54) is 25.7 Å². The van der Waals surface area contributed by atoms with Gasteiger partial charge in [0.05, 0.1) is 5.60 Å². The Morgan fingerprint density at radius 3 is 2.50 bits per heavy atom. The smallest absolute Gasteiger partial charge is 0.0840 e. The van der Waals surface area contributed by atoms with Gasteiger partial charge in [0.15, 0.2) is 0 Å². The number of hydrogen-bond acceptors (Lipinski definition) is 2. The fraction of sp³-hybridized carbons (Fsp3) is 0.833. The first-order valence-electron chi connectivity index (χ1n) is 5.41. The molecule has 2 nitrogen and oxygen atoms in total. The summed E-state index contributed by atoms with van der Waals surface area (Å²) in [5.74, 6) is 6.09. The van der Waals surface area contributed by atoms with Crippen LogP contribution in [-0.4, -0.2) is 25.8 Å². The SMILES string of the molecule is CC#CCC(NC)C1(OC)CCCC1. The molecule has 0 bridgehead atoms. The maximum absolute atomic E-state index is 5.72. The summed E-state index contributed by atoms with van der Waals surface area (Å²) in [5, 5.41) is 3.34. The number of rotatable bonds is 4. The third kappa shape index (κ3) is 2.29. The highest BCUT2D eigenvalue weighted by atomic mass is 16.5. The molecule has 0 aliphatic heterocycles. The summed E-state index contributed by atoms with van der Waals surface area (Å²) in [6, 6.07) is 0.377. The maximum Gasteiger partial charge on any atom is 0.0840 e. The standard InChI is InChI=1S/C12H21NO/c1-4-5-8-11(13-2)12(14-3)9-6-7-10-12/h11,13H,6-10H2,1-3H3. The first-order valence-corrected chi connectivity index (χ1v) is 5.41. The van der Waals surface area contributed by atoms with Crippen molar-refractivity contribution < 1.29 is 4.74 Å². The molecule has 1 unspecified atom stereocenters. The predicted molar refractivity (Wildman–Crippen MR) is 59.1 cm³/mol. The first kappa shape index (κ1) is 11.6. The van der Waals surface area contributed by atoms with Crippen molar-refractivity contribution in [1.82, 2.24) is 5.32 Å². The molecule has 2 heteroatoms. The Morgan fingerprint density at radius 1 is 1.43 bits per heavy atom. The van der Waals surface area contributed by atoms with Crippen LogP contribution in [0.5, 0.6) is 0 Å². The summed E-state index contributed by atoms with van der Waals surface area (Å²) in [5.41, 5.74) is 0.0403. The van der Waals surface area contributed by atoms with Gasteiger partial charge in [0.25, 0.3) is 0 Å². The molecule has 0 aromatic rings. The van der Waals surface area contributed by atoms with Gasteiger partial charge < -0.3 is 10.1 Å². The van der Waals surface area contributed by atoms with Crippen molar-refractivity contribution in [1.29, 1.82) is 0 Å². The van der Waals surface area contributed by atoms with Crippen molar-refractivity contribution in [3.05, 3.63) is 0 Å². The summed E-state index contributed by atoms with van der Waals surface area (Å²) in [4.78, 5) is 0. The number of likely N-dealkylation sites (N-methyl/N-ethyl adjacent to an activating group) is 1. The average Bonchev–Trinajstić information content (AvgIpc) is 2.69. The summed E-state index contributed by atoms with van der Waals surface area (Å²) in [7, 11) is 3.83. The van der Waals surface area contributed by atoms with Gasteiger partial charge >= 0.3 is 0 Å². The molecule has 0 radical (unpaired) electrons. The Labute approximate surface area is 87.4 Å².